The Hall–Kier alpha value is -3.46. The molecular weight excluding hydrogens is 358 g/mol. The molecule has 0 saturated carbocycles. The Morgan fingerprint density at radius 3 is 2.17 bits per heavy atom. The summed E-state index contributed by atoms with van der Waals surface area (Å²) in [5, 5.41) is 0.781. The lowest BCUT2D eigenvalue weighted by Crippen LogP contribution is -2.12. The number of rotatable bonds is 3. The zero-order valence-electron chi connectivity index (χ0n) is 16.8. The van der Waals surface area contributed by atoms with Gasteiger partial charge >= 0.3 is 5.97 Å². The van der Waals surface area contributed by atoms with E-state index in [2.05, 4.69) is 20.8 Å². The number of carbonyl (C=O) groups excluding carboxylic acids is 1. The maximum atomic E-state index is 13.0. The van der Waals surface area contributed by atoms with E-state index in [0.29, 0.717) is 11.3 Å². The van der Waals surface area contributed by atoms with Gasteiger partial charge in [-0.05, 0) is 35.2 Å². The third-order valence-electron chi connectivity index (χ3n) is 4.94. The van der Waals surface area contributed by atoms with Gasteiger partial charge < -0.3 is 4.74 Å². The fourth-order valence-corrected chi connectivity index (χ4v) is 3.29. The molecule has 0 saturated heterocycles. The van der Waals surface area contributed by atoms with Crippen LogP contribution in [0.1, 0.15) is 36.7 Å². The van der Waals surface area contributed by atoms with E-state index in [4.69, 9.17) is 9.72 Å². The molecule has 0 unspecified atom stereocenters. The molecule has 4 aromatic rings. The average Bonchev–Trinajstić information content (AvgIpc) is 2.73. The monoisotopic (exact) mass is 381 g/mol. The molecule has 0 atom stereocenters. The molecule has 0 aliphatic heterocycles. The standard InChI is InChI=1S/C26H23NO2/c1-26(2,3)19-13-15-20(16-14-19)29-25(28)22-17-24(18-9-5-4-6-10-18)27-23-12-8-7-11-21(22)23/h4-17H,1-3H3. The van der Waals surface area contributed by atoms with E-state index < -0.39 is 0 Å². The number of benzene rings is 3. The van der Waals surface area contributed by atoms with Crippen LogP contribution in [-0.2, 0) is 5.41 Å². The molecule has 0 fully saturated rings. The number of carbonyl (C=O) groups is 1. The van der Waals surface area contributed by atoms with Crippen molar-refractivity contribution in [2.75, 3.05) is 0 Å². The largest absolute Gasteiger partial charge is 0.423 e. The summed E-state index contributed by atoms with van der Waals surface area (Å²) in [4.78, 5) is 17.8. The number of nitrogens with zero attached hydrogens (tertiary/aromatic N) is 1. The predicted octanol–water partition coefficient (Wildman–Crippen LogP) is 6.42. The second kappa shape index (κ2) is 7.51. The third-order valence-corrected chi connectivity index (χ3v) is 4.94. The summed E-state index contributed by atoms with van der Waals surface area (Å²) in [5.74, 6) is 0.148. The average molecular weight is 381 g/mol. The molecule has 1 heterocycles. The first-order valence-electron chi connectivity index (χ1n) is 9.70. The van der Waals surface area contributed by atoms with Crippen LogP contribution < -0.4 is 4.74 Å². The Labute approximate surface area is 171 Å². The minimum Gasteiger partial charge on any atom is -0.423 e. The smallest absolute Gasteiger partial charge is 0.344 e. The Kier molecular flexibility index (Phi) is 4.89. The van der Waals surface area contributed by atoms with Gasteiger partial charge in [-0.2, -0.15) is 0 Å². The van der Waals surface area contributed by atoms with Crippen molar-refractivity contribution in [3.63, 3.8) is 0 Å². The summed E-state index contributed by atoms with van der Waals surface area (Å²) in [7, 11) is 0. The van der Waals surface area contributed by atoms with Gasteiger partial charge in [0.05, 0.1) is 16.8 Å². The number of fused-ring (bicyclic) bond motifs is 1. The van der Waals surface area contributed by atoms with Crippen LogP contribution in [0.15, 0.2) is 84.9 Å². The lowest BCUT2D eigenvalue weighted by Gasteiger charge is -2.19. The van der Waals surface area contributed by atoms with Gasteiger partial charge in [0.2, 0.25) is 0 Å². The Morgan fingerprint density at radius 2 is 1.48 bits per heavy atom. The lowest BCUT2D eigenvalue weighted by molar-refractivity contribution is 0.0737. The number of ether oxygens (including phenoxy) is 1. The van der Waals surface area contributed by atoms with Gasteiger partial charge in [0.1, 0.15) is 5.75 Å². The second-order valence-corrected chi connectivity index (χ2v) is 8.10. The number of aromatic nitrogens is 1. The van der Waals surface area contributed by atoms with Crippen LogP contribution in [0.2, 0.25) is 0 Å². The van der Waals surface area contributed by atoms with Gasteiger partial charge in [0.25, 0.3) is 0 Å². The van der Waals surface area contributed by atoms with Crippen molar-refractivity contribution >= 4 is 16.9 Å². The van der Waals surface area contributed by atoms with E-state index in [0.717, 1.165) is 22.2 Å². The summed E-state index contributed by atoms with van der Waals surface area (Å²) >= 11 is 0. The van der Waals surface area contributed by atoms with Crippen LogP contribution in [0, 0.1) is 0 Å². The lowest BCUT2D eigenvalue weighted by atomic mass is 9.87. The molecule has 0 aliphatic carbocycles. The van der Waals surface area contributed by atoms with Gasteiger partial charge in [-0.3, -0.25) is 0 Å². The Morgan fingerprint density at radius 1 is 0.828 bits per heavy atom. The molecule has 0 radical (unpaired) electrons. The first-order chi connectivity index (χ1) is 13.9. The molecule has 4 rings (SSSR count). The van der Waals surface area contributed by atoms with Crippen molar-refractivity contribution in [3.05, 3.63) is 96.1 Å². The number of hydrogen-bond donors (Lipinski definition) is 0. The number of esters is 1. The van der Waals surface area contributed by atoms with Crippen molar-refractivity contribution < 1.29 is 9.53 Å². The van der Waals surface area contributed by atoms with Crippen LogP contribution in [0.25, 0.3) is 22.2 Å². The topological polar surface area (TPSA) is 39.2 Å². The Balaban J connectivity index is 1.71. The summed E-state index contributed by atoms with van der Waals surface area (Å²) in [6, 6.07) is 27.0. The molecule has 0 aliphatic rings. The van der Waals surface area contributed by atoms with Crippen molar-refractivity contribution in [3.8, 4) is 17.0 Å². The summed E-state index contributed by atoms with van der Waals surface area (Å²) in [5.41, 5.74) is 4.23. The second-order valence-electron chi connectivity index (χ2n) is 8.10. The van der Waals surface area contributed by atoms with Crippen LogP contribution in [0.4, 0.5) is 0 Å². The van der Waals surface area contributed by atoms with Crippen LogP contribution in [-0.4, -0.2) is 11.0 Å². The van der Waals surface area contributed by atoms with Crippen molar-refractivity contribution in [1.29, 1.82) is 0 Å². The summed E-state index contributed by atoms with van der Waals surface area (Å²) in [6.45, 7) is 6.46. The predicted molar refractivity (Wildman–Crippen MR) is 117 cm³/mol. The highest BCUT2D eigenvalue weighted by atomic mass is 16.5. The van der Waals surface area contributed by atoms with Crippen molar-refractivity contribution in [2.45, 2.75) is 26.2 Å². The number of para-hydroxylation sites is 1. The maximum absolute atomic E-state index is 13.0. The van der Waals surface area contributed by atoms with Crippen LogP contribution in [0.3, 0.4) is 0 Å². The van der Waals surface area contributed by atoms with E-state index in [1.807, 2.05) is 84.9 Å². The zero-order valence-corrected chi connectivity index (χ0v) is 16.8. The summed E-state index contributed by atoms with van der Waals surface area (Å²) < 4.78 is 5.70. The minimum atomic E-state index is -0.385. The molecule has 0 bridgehead atoms. The fraction of sp³-hybridized carbons (Fsp3) is 0.154. The van der Waals surface area contributed by atoms with E-state index in [9.17, 15) is 4.79 Å². The van der Waals surface area contributed by atoms with Gasteiger partial charge in [0.15, 0.2) is 0 Å². The number of pyridine rings is 1. The van der Waals surface area contributed by atoms with Gasteiger partial charge in [-0.15, -0.1) is 0 Å². The molecule has 29 heavy (non-hydrogen) atoms. The number of hydrogen-bond acceptors (Lipinski definition) is 3. The highest BCUT2D eigenvalue weighted by Crippen LogP contribution is 2.27. The highest BCUT2D eigenvalue weighted by Gasteiger charge is 2.17. The molecular formula is C26H23NO2. The van der Waals surface area contributed by atoms with Gasteiger partial charge in [-0.1, -0.05) is 81.4 Å². The third kappa shape index (κ3) is 4.04. The van der Waals surface area contributed by atoms with Crippen molar-refractivity contribution in [1.82, 2.24) is 4.98 Å². The first-order valence-corrected chi connectivity index (χ1v) is 9.70. The van der Waals surface area contributed by atoms with E-state index >= 15 is 0 Å². The van der Waals surface area contributed by atoms with Crippen molar-refractivity contribution in [2.24, 2.45) is 0 Å². The molecule has 1 aromatic heterocycles. The molecule has 0 amide bonds. The highest BCUT2D eigenvalue weighted by molar-refractivity contribution is 6.05. The molecule has 0 spiro atoms. The molecule has 3 heteroatoms. The fourth-order valence-electron chi connectivity index (χ4n) is 3.29. The summed E-state index contributed by atoms with van der Waals surface area (Å²) in [6.07, 6.45) is 0. The normalized spacial score (nSPS) is 11.4. The zero-order chi connectivity index (χ0) is 20.4. The SMILES string of the molecule is CC(C)(C)c1ccc(OC(=O)c2cc(-c3ccccc3)nc3ccccc23)cc1. The van der Waals surface area contributed by atoms with E-state index in [1.165, 1.54) is 5.56 Å². The van der Waals surface area contributed by atoms with E-state index in [-0.39, 0.29) is 11.4 Å². The van der Waals surface area contributed by atoms with Gasteiger partial charge in [0, 0.05) is 10.9 Å². The maximum Gasteiger partial charge on any atom is 0.344 e. The van der Waals surface area contributed by atoms with E-state index in [1.54, 1.807) is 0 Å². The Bertz CT molecular complexity index is 1160. The quantitative estimate of drug-likeness (QED) is 0.304. The molecule has 3 nitrogen and oxygen atoms in total. The molecule has 144 valence electrons. The first kappa shape index (κ1) is 18.9. The van der Waals surface area contributed by atoms with Crippen LogP contribution in [0.5, 0.6) is 5.75 Å². The van der Waals surface area contributed by atoms with Gasteiger partial charge in [-0.25, -0.2) is 9.78 Å². The minimum absolute atomic E-state index is 0.0500. The van der Waals surface area contributed by atoms with Crippen LogP contribution >= 0.6 is 0 Å². The molecule has 3 aromatic carbocycles. The molecule has 0 N–H and O–H groups in total.